The summed E-state index contributed by atoms with van der Waals surface area (Å²) in [6, 6.07) is 0. The number of fused-ring (bicyclic) bond motifs is 1. The zero-order valence-corrected chi connectivity index (χ0v) is 10.7. The van der Waals surface area contributed by atoms with E-state index in [4.69, 9.17) is 4.84 Å². The molecule has 1 aliphatic heterocycles. The van der Waals surface area contributed by atoms with Crippen LogP contribution < -0.4 is 0 Å². The Hall–Kier alpha value is -1.65. The van der Waals surface area contributed by atoms with E-state index in [1.807, 2.05) is 0 Å². The van der Waals surface area contributed by atoms with Crippen LogP contribution in [0.1, 0.15) is 38.5 Å². The van der Waals surface area contributed by atoms with E-state index in [1.54, 1.807) is 0 Å². The second kappa shape index (κ2) is 4.79. The highest BCUT2D eigenvalue weighted by Crippen LogP contribution is 2.53. The van der Waals surface area contributed by atoms with Crippen molar-refractivity contribution in [1.82, 2.24) is 5.06 Å². The Balaban J connectivity index is 1.60. The van der Waals surface area contributed by atoms with Gasteiger partial charge in [0.05, 0.1) is 5.92 Å². The molecule has 2 amide bonds. The van der Waals surface area contributed by atoms with Crippen molar-refractivity contribution in [1.29, 1.82) is 0 Å². The summed E-state index contributed by atoms with van der Waals surface area (Å²) >= 11 is 0. The summed E-state index contributed by atoms with van der Waals surface area (Å²) in [5.41, 5.74) is 0. The molecular formula is C14H17NO4. The zero-order valence-electron chi connectivity index (χ0n) is 10.7. The van der Waals surface area contributed by atoms with Gasteiger partial charge in [0.2, 0.25) is 0 Å². The smallest absolute Gasteiger partial charge is 0.330 e. The minimum atomic E-state index is -0.405. The van der Waals surface area contributed by atoms with Crippen molar-refractivity contribution in [3.8, 4) is 0 Å². The second-order valence-corrected chi connectivity index (χ2v) is 5.47. The summed E-state index contributed by atoms with van der Waals surface area (Å²) in [4.78, 5) is 39.9. The first-order valence-corrected chi connectivity index (χ1v) is 6.91. The fourth-order valence-corrected chi connectivity index (χ4v) is 3.20. The first kappa shape index (κ1) is 12.4. The van der Waals surface area contributed by atoms with Gasteiger partial charge in [-0.15, -0.1) is 5.06 Å². The van der Waals surface area contributed by atoms with Crippen LogP contribution in [0.4, 0.5) is 0 Å². The molecule has 1 heterocycles. The molecule has 102 valence electrons. The van der Waals surface area contributed by atoms with Crippen molar-refractivity contribution in [2.24, 2.45) is 17.8 Å². The molecule has 0 N–H and O–H groups in total. The van der Waals surface area contributed by atoms with E-state index in [0.717, 1.165) is 25.7 Å². The van der Waals surface area contributed by atoms with Gasteiger partial charge >= 0.3 is 5.97 Å². The lowest BCUT2D eigenvalue weighted by atomic mass is 10.1. The van der Waals surface area contributed by atoms with Crippen LogP contribution in [0.2, 0.25) is 0 Å². The molecule has 0 unspecified atom stereocenters. The van der Waals surface area contributed by atoms with Crippen LogP contribution in [0.25, 0.3) is 0 Å². The van der Waals surface area contributed by atoms with E-state index in [2.05, 4.69) is 12.2 Å². The minimum Gasteiger partial charge on any atom is -0.330 e. The highest BCUT2D eigenvalue weighted by atomic mass is 16.7. The van der Waals surface area contributed by atoms with Crippen LogP contribution in [-0.2, 0) is 19.2 Å². The van der Waals surface area contributed by atoms with Crippen molar-refractivity contribution >= 4 is 17.8 Å². The lowest BCUT2D eigenvalue weighted by molar-refractivity contribution is -0.199. The SMILES string of the molecule is O=C(ON1C(=O)CCC1=O)[C@H]1[C@@H]2CC/C=C/CC[C@@H]21. The fraction of sp³-hybridized carbons (Fsp3) is 0.643. The Morgan fingerprint density at radius 1 is 1.05 bits per heavy atom. The van der Waals surface area contributed by atoms with E-state index in [9.17, 15) is 14.4 Å². The first-order chi connectivity index (χ1) is 9.18. The van der Waals surface area contributed by atoms with Gasteiger partial charge in [-0.2, -0.15) is 0 Å². The number of hydroxylamine groups is 2. The van der Waals surface area contributed by atoms with Gasteiger partial charge in [0.15, 0.2) is 0 Å². The number of hydrogen-bond donors (Lipinski definition) is 0. The van der Waals surface area contributed by atoms with Gasteiger partial charge in [-0.3, -0.25) is 9.59 Å². The molecule has 0 bridgehead atoms. The largest absolute Gasteiger partial charge is 0.336 e. The van der Waals surface area contributed by atoms with Gasteiger partial charge in [0, 0.05) is 12.8 Å². The van der Waals surface area contributed by atoms with Crippen LogP contribution in [-0.4, -0.2) is 22.8 Å². The van der Waals surface area contributed by atoms with Crippen molar-refractivity contribution in [2.75, 3.05) is 0 Å². The van der Waals surface area contributed by atoms with Crippen molar-refractivity contribution in [3.63, 3.8) is 0 Å². The van der Waals surface area contributed by atoms with E-state index in [1.165, 1.54) is 0 Å². The summed E-state index contributed by atoms with van der Waals surface area (Å²) < 4.78 is 0. The Kier molecular flexibility index (Phi) is 3.12. The van der Waals surface area contributed by atoms with Gasteiger partial charge in [-0.25, -0.2) is 4.79 Å². The Morgan fingerprint density at radius 3 is 2.11 bits per heavy atom. The second-order valence-electron chi connectivity index (χ2n) is 5.47. The third-order valence-electron chi connectivity index (χ3n) is 4.29. The van der Waals surface area contributed by atoms with Crippen LogP contribution >= 0.6 is 0 Å². The maximum absolute atomic E-state index is 12.1. The Morgan fingerprint density at radius 2 is 1.58 bits per heavy atom. The molecule has 0 radical (unpaired) electrons. The molecule has 2 fully saturated rings. The normalized spacial score (nSPS) is 35.4. The van der Waals surface area contributed by atoms with Crippen molar-refractivity contribution < 1.29 is 19.2 Å². The summed E-state index contributed by atoms with van der Waals surface area (Å²) in [6.07, 6.45) is 8.57. The van der Waals surface area contributed by atoms with Gasteiger partial charge in [-0.1, -0.05) is 12.2 Å². The highest BCUT2D eigenvalue weighted by Gasteiger charge is 2.55. The van der Waals surface area contributed by atoms with Gasteiger partial charge in [-0.05, 0) is 37.5 Å². The molecule has 0 aromatic rings. The molecule has 2 aliphatic carbocycles. The number of allylic oxidation sites excluding steroid dienone is 2. The predicted molar refractivity (Wildman–Crippen MR) is 65.3 cm³/mol. The molecule has 5 nitrogen and oxygen atoms in total. The van der Waals surface area contributed by atoms with E-state index < -0.39 is 17.8 Å². The topological polar surface area (TPSA) is 63.7 Å². The van der Waals surface area contributed by atoms with E-state index >= 15 is 0 Å². The molecule has 3 atom stereocenters. The highest BCUT2D eigenvalue weighted by molar-refractivity contribution is 6.01. The molecule has 0 aromatic carbocycles. The van der Waals surface area contributed by atoms with Crippen molar-refractivity contribution in [2.45, 2.75) is 38.5 Å². The average Bonchev–Trinajstić information content (AvgIpc) is 2.94. The monoisotopic (exact) mass is 263 g/mol. The maximum atomic E-state index is 12.1. The van der Waals surface area contributed by atoms with Gasteiger partial charge in [0.1, 0.15) is 0 Å². The average molecular weight is 263 g/mol. The molecule has 19 heavy (non-hydrogen) atoms. The quantitative estimate of drug-likeness (QED) is 0.560. The first-order valence-electron chi connectivity index (χ1n) is 6.91. The third kappa shape index (κ3) is 2.29. The lowest BCUT2D eigenvalue weighted by Gasteiger charge is -2.12. The molecule has 3 aliphatic rings. The molecule has 1 saturated carbocycles. The summed E-state index contributed by atoms with van der Waals surface area (Å²) in [7, 11) is 0. The Bertz CT molecular complexity index is 424. The van der Waals surface area contributed by atoms with Crippen LogP contribution in [0.15, 0.2) is 12.2 Å². The molecule has 3 rings (SSSR count). The van der Waals surface area contributed by atoms with Crippen LogP contribution in [0, 0.1) is 17.8 Å². The fourth-order valence-electron chi connectivity index (χ4n) is 3.20. The zero-order chi connectivity index (χ0) is 13.4. The number of amides is 2. The number of carbonyl (C=O) groups excluding carboxylic acids is 3. The number of nitrogens with zero attached hydrogens (tertiary/aromatic N) is 1. The third-order valence-corrected chi connectivity index (χ3v) is 4.29. The molecular weight excluding hydrogens is 246 g/mol. The predicted octanol–water partition coefficient (Wildman–Crippen LogP) is 1.59. The number of carbonyl (C=O) groups is 3. The molecule has 0 spiro atoms. The van der Waals surface area contributed by atoms with E-state index in [0.29, 0.717) is 16.9 Å². The van der Waals surface area contributed by atoms with Gasteiger partial charge < -0.3 is 4.84 Å². The molecule has 1 saturated heterocycles. The van der Waals surface area contributed by atoms with Gasteiger partial charge in [0.25, 0.3) is 11.8 Å². The number of hydrogen-bond acceptors (Lipinski definition) is 4. The summed E-state index contributed by atoms with van der Waals surface area (Å²) in [5, 5.41) is 0.659. The maximum Gasteiger partial charge on any atom is 0.336 e. The summed E-state index contributed by atoms with van der Waals surface area (Å²) in [5.74, 6) is -0.603. The Labute approximate surface area is 111 Å². The number of rotatable bonds is 2. The van der Waals surface area contributed by atoms with E-state index in [-0.39, 0.29) is 18.8 Å². The molecule has 0 aromatic heterocycles. The van der Waals surface area contributed by atoms with Crippen LogP contribution in [0.3, 0.4) is 0 Å². The summed E-state index contributed by atoms with van der Waals surface area (Å²) in [6.45, 7) is 0. The lowest BCUT2D eigenvalue weighted by Crippen LogP contribution is -2.33. The molecule has 5 heteroatoms. The minimum absolute atomic E-state index is 0.124. The standard InChI is InChI=1S/C14H17NO4/c16-11-7-8-12(17)15(11)19-14(18)13-9-5-3-1-2-4-6-10(9)13/h1-2,9-10,13H,3-8H2/b2-1+/t9-,10+,13+. The van der Waals surface area contributed by atoms with Crippen LogP contribution in [0.5, 0.6) is 0 Å². The van der Waals surface area contributed by atoms with Crippen molar-refractivity contribution in [3.05, 3.63) is 12.2 Å². The number of imide groups is 1.